The summed E-state index contributed by atoms with van der Waals surface area (Å²) in [7, 11) is 4.27. The van der Waals surface area contributed by atoms with E-state index in [1.165, 1.54) is 36.4 Å². The number of hydrogen-bond acceptors (Lipinski definition) is 10. The quantitative estimate of drug-likeness (QED) is 0.187. The van der Waals surface area contributed by atoms with E-state index in [2.05, 4.69) is 4.98 Å². The van der Waals surface area contributed by atoms with Crippen LogP contribution in [0.2, 0.25) is 10.0 Å². The number of amides is 2. The van der Waals surface area contributed by atoms with E-state index in [1.54, 1.807) is 43.3 Å². The molecular formula is C29H25Cl2N5O8S. The Balaban J connectivity index is 1.52. The number of hydrogen-bond donors (Lipinski definition) is 0. The fourth-order valence-corrected chi connectivity index (χ4v) is 5.86. The first-order valence-corrected chi connectivity index (χ1v) is 14.9. The number of halogens is 2. The molecule has 1 aliphatic heterocycles. The minimum absolute atomic E-state index is 0.0274. The van der Waals surface area contributed by atoms with Crippen molar-refractivity contribution in [2.24, 2.45) is 14.1 Å². The Morgan fingerprint density at radius 2 is 1.78 bits per heavy atom. The summed E-state index contributed by atoms with van der Waals surface area (Å²) in [5.41, 5.74) is 0.160. The Bertz CT molecular complexity index is 2030. The van der Waals surface area contributed by atoms with Crippen LogP contribution in [-0.4, -0.2) is 61.0 Å². The molecule has 2 aromatic heterocycles. The second-order valence-corrected chi connectivity index (χ2v) is 11.5. The number of carbonyl (C=O) groups is 3. The molecule has 5 rings (SSSR count). The Hall–Kier alpha value is -4.53. The lowest BCUT2D eigenvalue weighted by Gasteiger charge is -2.13. The van der Waals surface area contributed by atoms with Crippen molar-refractivity contribution in [2.75, 3.05) is 20.3 Å². The molecule has 2 aromatic carbocycles. The summed E-state index contributed by atoms with van der Waals surface area (Å²) in [6, 6.07) is 9.66. The van der Waals surface area contributed by atoms with Crippen LogP contribution >= 0.6 is 35.0 Å². The van der Waals surface area contributed by atoms with E-state index in [4.69, 9.17) is 37.4 Å². The summed E-state index contributed by atoms with van der Waals surface area (Å²) in [4.78, 5) is 68.4. The molecule has 4 aromatic rings. The van der Waals surface area contributed by atoms with Crippen LogP contribution in [0.15, 0.2) is 50.9 Å². The molecule has 1 fully saturated rings. The third-order valence-corrected chi connectivity index (χ3v) is 8.30. The fraction of sp³-hybridized carbons (Fsp3) is 0.241. The molecule has 0 aliphatic carbocycles. The molecule has 0 bridgehead atoms. The summed E-state index contributed by atoms with van der Waals surface area (Å²) in [6.07, 6.45) is 1.49. The largest absolute Gasteiger partial charge is 0.493 e. The fourth-order valence-electron chi connectivity index (χ4n) is 4.55. The standard InChI is InChI=1S/C29H25Cl2N5O8S/c1-5-43-22(37)14-36-25(38)21(45-29(36)41)11-15-6-9-19(20(10-15)42-4)44-27-32-24-23(26(39)34(3)28(40)33(24)2)35(27)13-16-7-8-17(30)12-18(16)31/h6-12H,5,13-14H2,1-4H3/b21-11-. The van der Waals surface area contributed by atoms with Crippen LogP contribution in [-0.2, 0) is 35.0 Å². The molecule has 1 saturated heterocycles. The number of imide groups is 1. The number of aromatic nitrogens is 4. The lowest BCUT2D eigenvalue weighted by atomic mass is 10.2. The van der Waals surface area contributed by atoms with Crippen molar-refractivity contribution in [3.8, 4) is 17.5 Å². The number of rotatable bonds is 9. The average Bonchev–Trinajstić information content (AvgIpc) is 3.48. The molecule has 234 valence electrons. The van der Waals surface area contributed by atoms with Crippen LogP contribution in [0.5, 0.6) is 17.5 Å². The predicted molar refractivity (Wildman–Crippen MR) is 168 cm³/mol. The van der Waals surface area contributed by atoms with Crippen molar-refractivity contribution in [3.05, 3.63) is 83.3 Å². The minimum atomic E-state index is -0.688. The lowest BCUT2D eigenvalue weighted by Crippen LogP contribution is -2.37. The monoisotopic (exact) mass is 673 g/mol. The van der Waals surface area contributed by atoms with Crippen LogP contribution in [0.3, 0.4) is 0 Å². The summed E-state index contributed by atoms with van der Waals surface area (Å²) in [5, 5.41) is 0.194. The van der Waals surface area contributed by atoms with Gasteiger partial charge in [-0.15, -0.1) is 0 Å². The molecule has 16 heteroatoms. The minimum Gasteiger partial charge on any atom is -0.493 e. The number of carbonyl (C=O) groups excluding carboxylic acids is 3. The topological polar surface area (TPSA) is 144 Å². The van der Waals surface area contributed by atoms with E-state index < -0.39 is 34.9 Å². The molecule has 0 N–H and O–H groups in total. The van der Waals surface area contributed by atoms with Crippen molar-refractivity contribution < 1.29 is 28.6 Å². The van der Waals surface area contributed by atoms with Gasteiger partial charge in [0.1, 0.15) is 6.54 Å². The number of imidazole rings is 1. The van der Waals surface area contributed by atoms with Gasteiger partial charge >= 0.3 is 17.7 Å². The van der Waals surface area contributed by atoms with Gasteiger partial charge in [-0.25, -0.2) is 4.79 Å². The Labute approximate surface area is 269 Å². The van der Waals surface area contributed by atoms with E-state index in [0.29, 0.717) is 32.9 Å². The molecule has 0 radical (unpaired) electrons. The van der Waals surface area contributed by atoms with E-state index in [1.807, 2.05) is 0 Å². The molecule has 0 saturated carbocycles. The van der Waals surface area contributed by atoms with Crippen LogP contribution in [0.1, 0.15) is 18.1 Å². The zero-order chi connectivity index (χ0) is 32.6. The lowest BCUT2D eigenvalue weighted by molar-refractivity contribution is -0.145. The summed E-state index contributed by atoms with van der Waals surface area (Å²) in [5.74, 6) is -0.879. The zero-order valence-corrected chi connectivity index (χ0v) is 26.7. The molecule has 3 heterocycles. The number of thioether (sulfide) groups is 1. The summed E-state index contributed by atoms with van der Waals surface area (Å²) < 4.78 is 20.3. The number of ether oxygens (including phenoxy) is 3. The maximum Gasteiger partial charge on any atom is 0.332 e. The second kappa shape index (κ2) is 12.8. The molecule has 0 atom stereocenters. The Morgan fingerprint density at radius 1 is 1.02 bits per heavy atom. The highest BCUT2D eigenvalue weighted by atomic mass is 35.5. The van der Waals surface area contributed by atoms with Gasteiger partial charge < -0.3 is 14.2 Å². The van der Waals surface area contributed by atoms with Gasteiger partial charge in [0.2, 0.25) is 0 Å². The Morgan fingerprint density at radius 3 is 2.47 bits per heavy atom. The smallest absolute Gasteiger partial charge is 0.332 e. The first-order chi connectivity index (χ1) is 21.4. The van der Waals surface area contributed by atoms with Gasteiger partial charge in [-0.2, -0.15) is 4.98 Å². The van der Waals surface area contributed by atoms with Gasteiger partial charge in [-0.3, -0.25) is 37.8 Å². The summed E-state index contributed by atoms with van der Waals surface area (Å²) >= 11 is 13.2. The number of methoxy groups -OCH3 is 1. The average molecular weight is 675 g/mol. The number of aryl methyl sites for hydroxylation is 1. The number of fused-ring (bicyclic) bond motifs is 1. The third-order valence-electron chi connectivity index (χ3n) is 6.81. The van der Waals surface area contributed by atoms with E-state index >= 15 is 0 Å². The number of nitrogens with zero attached hydrogens (tertiary/aromatic N) is 5. The molecule has 1 aliphatic rings. The van der Waals surface area contributed by atoms with Gasteiger partial charge in [-0.1, -0.05) is 35.3 Å². The van der Waals surface area contributed by atoms with Crippen molar-refractivity contribution in [2.45, 2.75) is 13.5 Å². The van der Waals surface area contributed by atoms with E-state index in [-0.39, 0.29) is 46.7 Å². The number of esters is 1. The molecule has 0 spiro atoms. The molecule has 13 nitrogen and oxygen atoms in total. The summed E-state index contributed by atoms with van der Waals surface area (Å²) in [6.45, 7) is 1.32. The first-order valence-electron chi connectivity index (χ1n) is 13.3. The van der Waals surface area contributed by atoms with Crippen molar-refractivity contribution in [1.29, 1.82) is 0 Å². The van der Waals surface area contributed by atoms with Crippen molar-refractivity contribution >= 4 is 69.3 Å². The van der Waals surface area contributed by atoms with Gasteiger partial charge in [0.25, 0.3) is 16.7 Å². The first kappa shape index (κ1) is 31.9. The Kier molecular flexibility index (Phi) is 9.09. The SMILES string of the molecule is CCOC(=O)CN1C(=O)S/C(=C\c2ccc(Oc3nc4c(c(=O)n(C)c(=O)n4C)n3Cc3ccc(Cl)cc3Cl)c(OC)c2)C1=O. The van der Waals surface area contributed by atoms with E-state index in [0.717, 1.165) is 9.47 Å². The van der Waals surface area contributed by atoms with Gasteiger partial charge in [0.05, 0.1) is 25.2 Å². The second-order valence-electron chi connectivity index (χ2n) is 9.68. The maximum atomic E-state index is 13.3. The maximum absolute atomic E-state index is 13.3. The van der Waals surface area contributed by atoms with Gasteiger partial charge in [0, 0.05) is 24.1 Å². The number of benzene rings is 2. The molecular weight excluding hydrogens is 649 g/mol. The van der Waals surface area contributed by atoms with Crippen LogP contribution in [0.4, 0.5) is 4.79 Å². The third kappa shape index (κ3) is 6.21. The highest BCUT2D eigenvalue weighted by Crippen LogP contribution is 2.37. The zero-order valence-electron chi connectivity index (χ0n) is 24.3. The highest BCUT2D eigenvalue weighted by Gasteiger charge is 2.36. The predicted octanol–water partition coefficient (Wildman–Crippen LogP) is 4.19. The molecule has 45 heavy (non-hydrogen) atoms. The normalized spacial score (nSPS) is 14.1. The molecule has 2 amide bonds. The van der Waals surface area contributed by atoms with Crippen molar-refractivity contribution in [3.63, 3.8) is 0 Å². The van der Waals surface area contributed by atoms with Crippen LogP contribution in [0.25, 0.3) is 17.2 Å². The van der Waals surface area contributed by atoms with Crippen LogP contribution < -0.4 is 20.7 Å². The van der Waals surface area contributed by atoms with Gasteiger partial charge in [0.15, 0.2) is 22.7 Å². The highest BCUT2D eigenvalue weighted by molar-refractivity contribution is 8.18. The van der Waals surface area contributed by atoms with Crippen molar-refractivity contribution in [1.82, 2.24) is 23.6 Å². The van der Waals surface area contributed by atoms with Gasteiger partial charge in [-0.05, 0) is 60.2 Å². The van der Waals surface area contributed by atoms with E-state index in [9.17, 15) is 24.0 Å². The molecule has 0 unspecified atom stereocenters. The van der Waals surface area contributed by atoms with Crippen LogP contribution in [0, 0.1) is 0 Å².